The average molecular weight is 244 g/mol. The third-order valence-corrected chi connectivity index (χ3v) is 4.30. The normalized spacial score (nSPS) is 21.1. The van der Waals surface area contributed by atoms with Gasteiger partial charge in [-0.3, -0.25) is 4.79 Å². The lowest BCUT2D eigenvalue weighted by molar-refractivity contribution is -0.121. The lowest BCUT2D eigenvalue weighted by atomic mass is 10.0. The first kappa shape index (κ1) is 13.8. The summed E-state index contributed by atoms with van der Waals surface area (Å²) in [5.41, 5.74) is 0. The largest absolute Gasteiger partial charge is 0.356 e. The summed E-state index contributed by atoms with van der Waals surface area (Å²) >= 11 is 1.94. The average Bonchev–Trinajstić information content (AvgIpc) is 2.31. The maximum Gasteiger partial charge on any atom is 0.221 e. The quantitative estimate of drug-likeness (QED) is 0.746. The van der Waals surface area contributed by atoms with Crippen LogP contribution in [0.2, 0.25) is 0 Å². The molecular formula is C12H24N2OS. The van der Waals surface area contributed by atoms with Crippen molar-refractivity contribution in [3.63, 3.8) is 0 Å². The Balaban J connectivity index is 2.14. The third-order valence-electron chi connectivity index (χ3n) is 3.17. The Hall–Kier alpha value is -0.220. The van der Waals surface area contributed by atoms with Crippen molar-refractivity contribution in [2.75, 3.05) is 24.6 Å². The van der Waals surface area contributed by atoms with Crippen LogP contribution >= 0.6 is 11.8 Å². The van der Waals surface area contributed by atoms with Crippen molar-refractivity contribution in [1.29, 1.82) is 0 Å². The molecule has 0 saturated carbocycles. The molecule has 3 nitrogen and oxygen atoms in total. The summed E-state index contributed by atoms with van der Waals surface area (Å²) in [6, 6.07) is 0.375. The number of carbonyl (C=O) groups excluding carboxylic acids is 1. The van der Waals surface area contributed by atoms with E-state index < -0.39 is 0 Å². The second-order valence-electron chi connectivity index (χ2n) is 4.42. The van der Waals surface area contributed by atoms with Crippen LogP contribution in [-0.4, -0.2) is 36.5 Å². The van der Waals surface area contributed by atoms with E-state index in [9.17, 15) is 4.79 Å². The molecule has 0 radical (unpaired) electrons. The number of hydrogen-bond donors (Lipinski definition) is 2. The van der Waals surface area contributed by atoms with Crippen molar-refractivity contribution in [3.8, 4) is 0 Å². The van der Waals surface area contributed by atoms with E-state index in [1.165, 1.54) is 5.75 Å². The van der Waals surface area contributed by atoms with Crippen LogP contribution in [0.4, 0.5) is 0 Å². The molecule has 1 rings (SSSR count). The van der Waals surface area contributed by atoms with Gasteiger partial charge in [-0.05, 0) is 5.92 Å². The fourth-order valence-corrected chi connectivity index (χ4v) is 2.83. The van der Waals surface area contributed by atoms with Gasteiger partial charge < -0.3 is 10.6 Å². The Morgan fingerprint density at radius 1 is 1.50 bits per heavy atom. The minimum absolute atomic E-state index is 0.201. The van der Waals surface area contributed by atoms with Crippen molar-refractivity contribution >= 4 is 17.7 Å². The molecule has 94 valence electrons. The van der Waals surface area contributed by atoms with E-state index >= 15 is 0 Å². The van der Waals surface area contributed by atoms with Crippen molar-refractivity contribution in [2.45, 2.75) is 39.2 Å². The second-order valence-corrected chi connectivity index (χ2v) is 5.57. The number of rotatable bonds is 6. The van der Waals surface area contributed by atoms with E-state index in [0.29, 0.717) is 18.4 Å². The van der Waals surface area contributed by atoms with Gasteiger partial charge in [0.25, 0.3) is 0 Å². The van der Waals surface area contributed by atoms with E-state index in [2.05, 4.69) is 24.5 Å². The van der Waals surface area contributed by atoms with Gasteiger partial charge in [0.1, 0.15) is 0 Å². The molecule has 1 saturated heterocycles. The Morgan fingerprint density at radius 2 is 2.25 bits per heavy atom. The van der Waals surface area contributed by atoms with Gasteiger partial charge >= 0.3 is 0 Å². The zero-order chi connectivity index (χ0) is 11.8. The Labute approximate surface area is 103 Å². The van der Waals surface area contributed by atoms with E-state index in [-0.39, 0.29) is 5.91 Å². The van der Waals surface area contributed by atoms with E-state index in [1.807, 2.05) is 11.8 Å². The molecule has 16 heavy (non-hydrogen) atoms. The molecule has 0 aliphatic carbocycles. The molecule has 1 atom stereocenters. The fourth-order valence-electron chi connectivity index (χ4n) is 1.88. The minimum Gasteiger partial charge on any atom is -0.356 e. The van der Waals surface area contributed by atoms with Gasteiger partial charge in [0, 0.05) is 37.1 Å². The maximum absolute atomic E-state index is 11.7. The predicted molar refractivity (Wildman–Crippen MR) is 70.8 cm³/mol. The summed E-state index contributed by atoms with van der Waals surface area (Å²) in [5, 5.41) is 6.43. The van der Waals surface area contributed by atoms with Crippen molar-refractivity contribution in [1.82, 2.24) is 10.6 Å². The Kier molecular flexibility index (Phi) is 6.88. The van der Waals surface area contributed by atoms with Gasteiger partial charge in [-0.2, -0.15) is 11.8 Å². The molecule has 1 heterocycles. The van der Waals surface area contributed by atoms with E-state index in [0.717, 1.165) is 31.7 Å². The summed E-state index contributed by atoms with van der Waals surface area (Å²) in [6.07, 6.45) is 2.93. The van der Waals surface area contributed by atoms with Gasteiger partial charge in [-0.15, -0.1) is 0 Å². The van der Waals surface area contributed by atoms with E-state index in [1.54, 1.807) is 0 Å². The molecule has 0 aromatic heterocycles. The molecule has 1 fully saturated rings. The van der Waals surface area contributed by atoms with Gasteiger partial charge in [0.2, 0.25) is 5.91 Å². The van der Waals surface area contributed by atoms with E-state index in [4.69, 9.17) is 0 Å². The van der Waals surface area contributed by atoms with Gasteiger partial charge in [0.15, 0.2) is 0 Å². The first-order valence-corrected chi connectivity index (χ1v) is 7.49. The molecule has 1 unspecified atom stereocenters. The molecule has 2 N–H and O–H groups in total. The monoisotopic (exact) mass is 244 g/mol. The number of carbonyl (C=O) groups is 1. The van der Waals surface area contributed by atoms with Crippen LogP contribution in [0.3, 0.4) is 0 Å². The smallest absolute Gasteiger partial charge is 0.221 e. The van der Waals surface area contributed by atoms with Crippen molar-refractivity contribution < 1.29 is 4.79 Å². The SMILES string of the molecule is CCC(CC)CNC(=O)CC1CSCCN1. The van der Waals surface area contributed by atoms with Gasteiger partial charge in [-0.25, -0.2) is 0 Å². The lowest BCUT2D eigenvalue weighted by Gasteiger charge is -2.23. The zero-order valence-corrected chi connectivity index (χ0v) is 11.2. The molecule has 0 aromatic rings. The highest BCUT2D eigenvalue weighted by atomic mass is 32.2. The van der Waals surface area contributed by atoms with Gasteiger partial charge in [-0.1, -0.05) is 26.7 Å². The minimum atomic E-state index is 0.201. The van der Waals surface area contributed by atoms with Crippen molar-refractivity contribution in [2.24, 2.45) is 5.92 Å². The summed E-state index contributed by atoms with van der Waals surface area (Å²) in [4.78, 5) is 11.7. The van der Waals surface area contributed by atoms with Crippen LogP contribution in [-0.2, 0) is 4.79 Å². The number of thioether (sulfide) groups is 1. The molecule has 0 aromatic carbocycles. The van der Waals surface area contributed by atoms with Crippen LogP contribution in [0.5, 0.6) is 0 Å². The fraction of sp³-hybridized carbons (Fsp3) is 0.917. The van der Waals surface area contributed by atoms with Crippen LogP contribution in [0.15, 0.2) is 0 Å². The molecule has 0 spiro atoms. The van der Waals surface area contributed by atoms with Gasteiger partial charge in [0.05, 0.1) is 0 Å². The maximum atomic E-state index is 11.7. The predicted octanol–water partition coefficient (Wildman–Crippen LogP) is 1.63. The third kappa shape index (κ3) is 5.21. The molecule has 4 heteroatoms. The highest BCUT2D eigenvalue weighted by molar-refractivity contribution is 7.99. The molecular weight excluding hydrogens is 220 g/mol. The summed E-state index contributed by atoms with van der Waals surface area (Å²) < 4.78 is 0. The first-order valence-electron chi connectivity index (χ1n) is 6.34. The van der Waals surface area contributed by atoms with Crippen molar-refractivity contribution in [3.05, 3.63) is 0 Å². The highest BCUT2D eigenvalue weighted by Gasteiger charge is 2.16. The van der Waals surface area contributed by atoms with Crippen LogP contribution in [0.1, 0.15) is 33.1 Å². The number of hydrogen-bond acceptors (Lipinski definition) is 3. The summed E-state index contributed by atoms with van der Waals surface area (Å²) in [7, 11) is 0. The summed E-state index contributed by atoms with van der Waals surface area (Å²) in [5.74, 6) is 3.08. The molecule has 1 aliphatic heterocycles. The molecule has 1 aliphatic rings. The topological polar surface area (TPSA) is 41.1 Å². The molecule has 1 amide bonds. The zero-order valence-electron chi connectivity index (χ0n) is 10.4. The van der Waals surface area contributed by atoms with Crippen LogP contribution in [0.25, 0.3) is 0 Å². The lowest BCUT2D eigenvalue weighted by Crippen LogP contribution is -2.42. The molecule has 0 bridgehead atoms. The van der Waals surface area contributed by atoms with Crippen LogP contribution < -0.4 is 10.6 Å². The number of amides is 1. The van der Waals surface area contributed by atoms with Crippen LogP contribution in [0, 0.1) is 5.92 Å². The first-order chi connectivity index (χ1) is 7.76. The standard InChI is InChI=1S/C12H24N2OS/c1-3-10(4-2)8-14-12(15)7-11-9-16-6-5-13-11/h10-11,13H,3-9H2,1-2H3,(H,14,15). The number of nitrogens with one attached hydrogen (secondary N) is 2. The summed E-state index contributed by atoms with van der Waals surface area (Å²) in [6.45, 7) is 6.24. The Bertz CT molecular complexity index is 201. The second kappa shape index (κ2) is 7.96. The Morgan fingerprint density at radius 3 is 2.81 bits per heavy atom. The highest BCUT2D eigenvalue weighted by Crippen LogP contribution is 2.10.